The Kier molecular flexibility index (Phi) is 6.88. The predicted octanol–water partition coefficient (Wildman–Crippen LogP) is 2.68. The van der Waals surface area contributed by atoms with Crippen molar-refractivity contribution in [2.75, 3.05) is 11.9 Å². The summed E-state index contributed by atoms with van der Waals surface area (Å²) >= 11 is 0. The highest BCUT2D eigenvalue weighted by molar-refractivity contribution is 5.92. The van der Waals surface area contributed by atoms with Crippen LogP contribution >= 0.6 is 0 Å². The van der Waals surface area contributed by atoms with Crippen molar-refractivity contribution in [2.24, 2.45) is 0 Å². The Bertz CT molecular complexity index is 487. The van der Waals surface area contributed by atoms with Gasteiger partial charge in [0.2, 0.25) is 5.91 Å². The highest BCUT2D eigenvalue weighted by atomic mass is 16.6. The smallest absolute Gasteiger partial charge is 0.335 e. The number of nitrogens with one attached hydrogen (secondary N) is 1. The lowest BCUT2D eigenvalue weighted by atomic mass is 10.2. The van der Waals surface area contributed by atoms with Crippen LogP contribution in [0.4, 0.5) is 5.69 Å². The number of anilines is 1. The van der Waals surface area contributed by atoms with Gasteiger partial charge in [-0.3, -0.25) is 4.79 Å². The molecular weight excluding hydrogens is 270 g/mol. The summed E-state index contributed by atoms with van der Waals surface area (Å²) in [5.74, 6) is -0.753. The van der Waals surface area contributed by atoms with E-state index in [2.05, 4.69) is 5.32 Å². The third-order valence-electron chi connectivity index (χ3n) is 2.99. The van der Waals surface area contributed by atoms with Gasteiger partial charge in [0.25, 0.3) is 0 Å². The second-order valence-electron chi connectivity index (χ2n) is 5.03. The number of benzene rings is 1. The van der Waals surface area contributed by atoms with Crippen LogP contribution in [-0.4, -0.2) is 30.7 Å². The third-order valence-corrected chi connectivity index (χ3v) is 2.99. The quantitative estimate of drug-likeness (QED) is 0.785. The molecule has 1 amide bonds. The zero-order valence-electron chi connectivity index (χ0n) is 13.0. The fourth-order valence-electron chi connectivity index (χ4n) is 1.57. The van der Waals surface area contributed by atoms with E-state index in [9.17, 15) is 9.59 Å². The van der Waals surface area contributed by atoms with E-state index in [0.29, 0.717) is 5.69 Å². The molecule has 0 aromatic heterocycles. The van der Waals surface area contributed by atoms with Crippen molar-refractivity contribution in [1.82, 2.24) is 0 Å². The Morgan fingerprint density at radius 3 is 2.62 bits per heavy atom. The van der Waals surface area contributed by atoms with Gasteiger partial charge in [-0.05, 0) is 44.9 Å². The van der Waals surface area contributed by atoms with Gasteiger partial charge >= 0.3 is 5.97 Å². The van der Waals surface area contributed by atoms with E-state index in [1.165, 1.54) is 0 Å². The van der Waals surface area contributed by atoms with E-state index in [1.54, 1.807) is 13.0 Å². The van der Waals surface area contributed by atoms with Crippen molar-refractivity contribution in [2.45, 2.75) is 46.3 Å². The average Bonchev–Trinajstić information content (AvgIpc) is 2.44. The summed E-state index contributed by atoms with van der Waals surface area (Å²) in [5.41, 5.74) is 1.76. The lowest BCUT2D eigenvalue weighted by Crippen LogP contribution is -2.30. The minimum absolute atomic E-state index is 0.148. The van der Waals surface area contributed by atoms with Crippen molar-refractivity contribution in [3.63, 3.8) is 0 Å². The molecule has 1 aromatic rings. The monoisotopic (exact) mass is 293 g/mol. The number of amides is 1. The van der Waals surface area contributed by atoms with Gasteiger partial charge in [0.15, 0.2) is 6.10 Å². The average molecular weight is 293 g/mol. The summed E-state index contributed by atoms with van der Waals surface area (Å²) in [4.78, 5) is 23.4. The van der Waals surface area contributed by atoms with Gasteiger partial charge in [0.05, 0.1) is 6.10 Å². The molecule has 0 aliphatic heterocycles. The van der Waals surface area contributed by atoms with Crippen LogP contribution in [0.15, 0.2) is 24.3 Å². The molecule has 0 heterocycles. The number of hydrogen-bond acceptors (Lipinski definition) is 4. The first kappa shape index (κ1) is 17.2. The molecule has 116 valence electrons. The SMILES string of the molecule is CCC(C)OC(=O)C(C)OCC(=O)Nc1cccc(C)c1. The van der Waals surface area contributed by atoms with Crippen LogP contribution < -0.4 is 5.32 Å². The second kappa shape index (κ2) is 8.42. The number of esters is 1. The predicted molar refractivity (Wildman–Crippen MR) is 81.1 cm³/mol. The summed E-state index contributed by atoms with van der Waals surface area (Å²) in [6.45, 7) is 7.07. The molecule has 0 radical (unpaired) electrons. The van der Waals surface area contributed by atoms with E-state index < -0.39 is 12.1 Å². The lowest BCUT2D eigenvalue weighted by molar-refractivity contribution is -0.161. The Morgan fingerprint density at radius 2 is 2.00 bits per heavy atom. The molecule has 0 aliphatic carbocycles. The Hall–Kier alpha value is -1.88. The molecule has 0 spiro atoms. The van der Waals surface area contributed by atoms with Gasteiger partial charge in [-0.25, -0.2) is 4.79 Å². The first-order valence-corrected chi connectivity index (χ1v) is 7.11. The van der Waals surface area contributed by atoms with Crippen LogP contribution in [0.5, 0.6) is 0 Å². The third kappa shape index (κ3) is 6.40. The van der Waals surface area contributed by atoms with Crippen LogP contribution in [0.3, 0.4) is 0 Å². The number of rotatable bonds is 7. The Morgan fingerprint density at radius 1 is 1.29 bits per heavy atom. The van der Waals surface area contributed by atoms with Crippen LogP contribution in [0.25, 0.3) is 0 Å². The van der Waals surface area contributed by atoms with Gasteiger partial charge in [-0.2, -0.15) is 0 Å². The van der Waals surface area contributed by atoms with Gasteiger partial charge in [0.1, 0.15) is 6.61 Å². The van der Waals surface area contributed by atoms with E-state index in [-0.39, 0.29) is 18.6 Å². The van der Waals surface area contributed by atoms with E-state index >= 15 is 0 Å². The maximum atomic E-state index is 11.7. The number of aryl methyl sites for hydroxylation is 1. The maximum Gasteiger partial charge on any atom is 0.335 e. The molecule has 5 heteroatoms. The Balaban J connectivity index is 2.37. The summed E-state index contributed by atoms with van der Waals surface area (Å²) in [6, 6.07) is 7.46. The summed E-state index contributed by atoms with van der Waals surface area (Å²) < 4.78 is 10.4. The molecule has 1 N–H and O–H groups in total. The lowest BCUT2D eigenvalue weighted by Gasteiger charge is -2.16. The van der Waals surface area contributed by atoms with Crippen LogP contribution in [-0.2, 0) is 19.1 Å². The summed E-state index contributed by atoms with van der Waals surface area (Å²) in [7, 11) is 0. The molecule has 21 heavy (non-hydrogen) atoms. The zero-order chi connectivity index (χ0) is 15.8. The van der Waals surface area contributed by atoms with Gasteiger partial charge in [-0.1, -0.05) is 19.1 Å². The topological polar surface area (TPSA) is 64.6 Å². The highest BCUT2D eigenvalue weighted by Gasteiger charge is 2.18. The summed E-state index contributed by atoms with van der Waals surface area (Å²) in [6.07, 6.45) is -0.168. The first-order valence-electron chi connectivity index (χ1n) is 7.11. The van der Waals surface area contributed by atoms with Crippen molar-refractivity contribution in [1.29, 1.82) is 0 Å². The Labute approximate surface area is 125 Å². The summed E-state index contributed by atoms with van der Waals surface area (Å²) in [5, 5.41) is 2.71. The van der Waals surface area contributed by atoms with Crippen molar-refractivity contribution in [3.05, 3.63) is 29.8 Å². The molecule has 0 aliphatic rings. The van der Waals surface area contributed by atoms with Crippen molar-refractivity contribution >= 4 is 17.6 Å². The maximum absolute atomic E-state index is 11.7. The minimum Gasteiger partial charge on any atom is -0.461 e. The first-order chi connectivity index (χ1) is 9.92. The van der Waals surface area contributed by atoms with Crippen LogP contribution in [0, 0.1) is 6.92 Å². The van der Waals surface area contributed by atoms with Gasteiger partial charge < -0.3 is 14.8 Å². The van der Waals surface area contributed by atoms with E-state index in [4.69, 9.17) is 9.47 Å². The molecule has 1 aromatic carbocycles. The van der Waals surface area contributed by atoms with Crippen molar-refractivity contribution in [3.8, 4) is 0 Å². The molecule has 2 atom stereocenters. The normalized spacial score (nSPS) is 13.3. The van der Waals surface area contributed by atoms with Gasteiger partial charge in [-0.15, -0.1) is 0 Å². The fourth-order valence-corrected chi connectivity index (χ4v) is 1.57. The molecular formula is C16H23NO4. The minimum atomic E-state index is -0.762. The number of carbonyl (C=O) groups excluding carboxylic acids is 2. The standard InChI is InChI=1S/C16H23NO4/c1-5-12(3)21-16(19)13(4)20-10-15(18)17-14-8-6-7-11(2)9-14/h6-9,12-13H,5,10H2,1-4H3,(H,17,18). The van der Waals surface area contributed by atoms with E-state index in [0.717, 1.165) is 12.0 Å². The molecule has 0 bridgehead atoms. The van der Waals surface area contributed by atoms with Crippen LogP contribution in [0.2, 0.25) is 0 Å². The van der Waals surface area contributed by atoms with Crippen LogP contribution in [0.1, 0.15) is 32.8 Å². The van der Waals surface area contributed by atoms with Gasteiger partial charge in [0, 0.05) is 5.69 Å². The molecule has 2 unspecified atom stereocenters. The highest BCUT2D eigenvalue weighted by Crippen LogP contribution is 2.09. The molecule has 0 saturated carbocycles. The number of ether oxygens (including phenoxy) is 2. The number of hydrogen-bond donors (Lipinski definition) is 1. The molecule has 0 saturated heterocycles. The molecule has 1 rings (SSSR count). The zero-order valence-corrected chi connectivity index (χ0v) is 13.0. The molecule has 0 fully saturated rings. The number of carbonyl (C=O) groups is 2. The molecule has 5 nitrogen and oxygen atoms in total. The van der Waals surface area contributed by atoms with Crippen molar-refractivity contribution < 1.29 is 19.1 Å². The fraction of sp³-hybridized carbons (Fsp3) is 0.500. The van der Waals surface area contributed by atoms with E-state index in [1.807, 2.05) is 39.0 Å². The largest absolute Gasteiger partial charge is 0.461 e. The second-order valence-corrected chi connectivity index (χ2v) is 5.03.